The fourth-order valence-corrected chi connectivity index (χ4v) is 2.90. The zero-order chi connectivity index (χ0) is 18.8. The molecule has 0 aliphatic carbocycles. The van der Waals surface area contributed by atoms with E-state index in [4.69, 9.17) is 16.9 Å². The number of terminal acetylenes is 1. The standard InChI is InChI=1S/C19H20ClFN2.C2H2/c1-3-10-23(4-2)13-16-6-5-7-17(19(16)20)14-8-9-15(12-22)18(21)11-14;1-2/h5-9,11H,3-4,10,13H2,1-2H3;1-2H. The van der Waals surface area contributed by atoms with Crippen LogP contribution >= 0.6 is 11.6 Å². The highest BCUT2D eigenvalue weighted by molar-refractivity contribution is 6.34. The lowest BCUT2D eigenvalue weighted by molar-refractivity contribution is 0.281. The Morgan fingerprint density at radius 3 is 2.48 bits per heavy atom. The number of hydrogen-bond donors (Lipinski definition) is 0. The van der Waals surface area contributed by atoms with Crippen molar-refractivity contribution < 1.29 is 4.39 Å². The van der Waals surface area contributed by atoms with Gasteiger partial charge in [0.1, 0.15) is 11.9 Å². The van der Waals surface area contributed by atoms with Gasteiger partial charge in [0.2, 0.25) is 0 Å². The van der Waals surface area contributed by atoms with Gasteiger partial charge in [0, 0.05) is 12.1 Å². The summed E-state index contributed by atoms with van der Waals surface area (Å²) in [7, 11) is 0. The molecule has 2 aromatic carbocycles. The van der Waals surface area contributed by atoms with Gasteiger partial charge in [0.15, 0.2) is 0 Å². The molecule has 2 aromatic rings. The first-order valence-electron chi connectivity index (χ1n) is 8.13. The molecule has 4 heteroatoms. The normalized spacial score (nSPS) is 10.0. The van der Waals surface area contributed by atoms with Crippen molar-refractivity contribution in [2.45, 2.75) is 26.8 Å². The highest BCUT2D eigenvalue weighted by Gasteiger charge is 2.12. The molecule has 0 saturated carbocycles. The molecular weight excluding hydrogens is 335 g/mol. The van der Waals surface area contributed by atoms with Crippen molar-refractivity contribution in [1.29, 1.82) is 5.26 Å². The third-order valence-corrected chi connectivity index (χ3v) is 4.31. The Kier molecular flexibility index (Phi) is 8.71. The Bertz CT molecular complexity index is 762. The van der Waals surface area contributed by atoms with E-state index in [1.807, 2.05) is 24.3 Å². The Balaban J connectivity index is 0.00000151. The molecule has 0 spiro atoms. The Morgan fingerprint density at radius 2 is 1.92 bits per heavy atom. The number of nitrogens with zero attached hydrogens (tertiary/aromatic N) is 2. The molecule has 25 heavy (non-hydrogen) atoms. The summed E-state index contributed by atoms with van der Waals surface area (Å²) >= 11 is 6.56. The van der Waals surface area contributed by atoms with Gasteiger partial charge in [-0.1, -0.05) is 49.7 Å². The number of halogens is 2. The second-order valence-corrected chi connectivity index (χ2v) is 5.83. The van der Waals surface area contributed by atoms with Crippen molar-refractivity contribution in [3.05, 3.63) is 58.4 Å². The van der Waals surface area contributed by atoms with Crippen molar-refractivity contribution in [2.24, 2.45) is 0 Å². The van der Waals surface area contributed by atoms with Crippen molar-refractivity contribution in [3.8, 4) is 30.0 Å². The van der Waals surface area contributed by atoms with Crippen LogP contribution in [0.2, 0.25) is 5.02 Å². The van der Waals surface area contributed by atoms with Gasteiger partial charge < -0.3 is 0 Å². The molecule has 0 atom stereocenters. The van der Waals surface area contributed by atoms with Gasteiger partial charge >= 0.3 is 0 Å². The van der Waals surface area contributed by atoms with E-state index >= 15 is 0 Å². The second-order valence-electron chi connectivity index (χ2n) is 5.45. The van der Waals surface area contributed by atoms with Crippen LogP contribution in [0.15, 0.2) is 36.4 Å². The maximum atomic E-state index is 13.9. The molecular formula is C21H22ClFN2. The van der Waals surface area contributed by atoms with Crippen LogP contribution in [-0.4, -0.2) is 18.0 Å². The predicted molar refractivity (Wildman–Crippen MR) is 103 cm³/mol. The molecule has 130 valence electrons. The zero-order valence-electron chi connectivity index (χ0n) is 14.6. The van der Waals surface area contributed by atoms with E-state index in [1.54, 1.807) is 6.07 Å². The molecule has 0 radical (unpaired) electrons. The maximum Gasteiger partial charge on any atom is 0.141 e. The molecule has 0 amide bonds. The van der Waals surface area contributed by atoms with Gasteiger partial charge in [0.05, 0.1) is 10.6 Å². The van der Waals surface area contributed by atoms with E-state index in [2.05, 4.69) is 31.6 Å². The minimum absolute atomic E-state index is 0.0427. The summed E-state index contributed by atoms with van der Waals surface area (Å²) in [5, 5.41) is 9.48. The average molecular weight is 357 g/mol. The average Bonchev–Trinajstić information content (AvgIpc) is 2.64. The van der Waals surface area contributed by atoms with Gasteiger partial charge in [-0.2, -0.15) is 5.26 Å². The summed E-state index contributed by atoms with van der Waals surface area (Å²) in [6.07, 6.45) is 9.09. The van der Waals surface area contributed by atoms with Crippen LogP contribution in [0.1, 0.15) is 31.4 Å². The third-order valence-electron chi connectivity index (χ3n) is 3.86. The SMILES string of the molecule is C#C.CCCN(CC)Cc1cccc(-c2ccc(C#N)c(F)c2)c1Cl. The molecule has 0 bridgehead atoms. The summed E-state index contributed by atoms with van der Waals surface area (Å²) < 4.78 is 13.9. The van der Waals surface area contributed by atoms with Gasteiger partial charge in [-0.3, -0.25) is 4.90 Å². The predicted octanol–water partition coefficient (Wildman–Crippen LogP) is 5.50. The summed E-state index contributed by atoms with van der Waals surface area (Å²) in [6, 6.07) is 12.2. The molecule has 2 rings (SSSR count). The highest BCUT2D eigenvalue weighted by Crippen LogP contribution is 2.32. The van der Waals surface area contributed by atoms with Crippen LogP contribution in [0, 0.1) is 30.0 Å². The van der Waals surface area contributed by atoms with E-state index in [0.717, 1.165) is 37.2 Å². The lowest BCUT2D eigenvalue weighted by Gasteiger charge is -2.21. The van der Waals surface area contributed by atoms with E-state index in [0.29, 0.717) is 10.6 Å². The largest absolute Gasteiger partial charge is 0.299 e. The number of nitriles is 1. The Morgan fingerprint density at radius 1 is 1.20 bits per heavy atom. The van der Waals surface area contributed by atoms with Crippen molar-refractivity contribution in [3.63, 3.8) is 0 Å². The fourth-order valence-electron chi connectivity index (χ4n) is 2.60. The van der Waals surface area contributed by atoms with Crippen molar-refractivity contribution >= 4 is 11.6 Å². The topological polar surface area (TPSA) is 27.0 Å². The second kappa shape index (κ2) is 10.5. The summed E-state index contributed by atoms with van der Waals surface area (Å²) in [6.45, 7) is 7.03. The van der Waals surface area contributed by atoms with Crippen LogP contribution in [0.4, 0.5) is 4.39 Å². The molecule has 0 heterocycles. The third kappa shape index (κ3) is 5.33. The molecule has 0 aliphatic heterocycles. The lowest BCUT2D eigenvalue weighted by Crippen LogP contribution is -2.23. The van der Waals surface area contributed by atoms with Crippen LogP contribution < -0.4 is 0 Å². The molecule has 2 nitrogen and oxygen atoms in total. The zero-order valence-corrected chi connectivity index (χ0v) is 15.4. The molecule has 0 unspecified atom stereocenters. The van der Waals surface area contributed by atoms with Crippen LogP contribution in [0.5, 0.6) is 0 Å². The summed E-state index contributed by atoms with van der Waals surface area (Å²) in [5.41, 5.74) is 2.55. The number of rotatable bonds is 6. The first-order chi connectivity index (χ1) is 12.1. The van der Waals surface area contributed by atoms with Gasteiger partial charge in [-0.05, 0) is 42.8 Å². The van der Waals surface area contributed by atoms with Crippen molar-refractivity contribution in [2.75, 3.05) is 13.1 Å². The molecule has 0 aromatic heterocycles. The molecule has 0 aliphatic rings. The van der Waals surface area contributed by atoms with E-state index in [9.17, 15) is 4.39 Å². The Hall–Kier alpha value is -2.33. The fraction of sp³-hybridized carbons (Fsp3) is 0.286. The van der Waals surface area contributed by atoms with Gasteiger partial charge in [0.25, 0.3) is 0 Å². The number of hydrogen-bond acceptors (Lipinski definition) is 2. The molecule has 0 saturated heterocycles. The van der Waals surface area contributed by atoms with E-state index in [1.165, 1.54) is 12.1 Å². The first kappa shape index (κ1) is 20.7. The van der Waals surface area contributed by atoms with Gasteiger partial charge in [-0.25, -0.2) is 4.39 Å². The van der Waals surface area contributed by atoms with Crippen LogP contribution in [-0.2, 0) is 6.54 Å². The monoisotopic (exact) mass is 356 g/mol. The Labute approximate surface area is 154 Å². The first-order valence-corrected chi connectivity index (χ1v) is 8.51. The molecule has 0 fully saturated rings. The number of benzene rings is 2. The van der Waals surface area contributed by atoms with Crippen LogP contribution in [0.25, 0.3) is 11.1 Å². The van der Waals surface area contributed by atoms with E-state index < -0.39 is 5.82 Å². The quantitative estimate of drug-likeness (QED) is 0.639. The summed E-state index contributed by atoms with van der Waals surface area (Å²) in [4.78, 5) is 2.32. The van der Waals surface area contributed by atoms with Crippen molar-refractivity contribution in [1.82, 2.24) is 4.90 Å². The molecule has 0 N–H and O–H groups in total. The van der Waals surface area contributed by atoms with E-state index in [-0.39, 0.29) is 5.56 Å². The maximum absolute atomic E-state index is 13.9. The smallest absolute Gasteiger partial charge is 0.141 e. The van der Waals surface area contributed by atoms with Crippen LogP contribution in [0.3, 0.4) is 0 Å². The van der Waals surface area contributed by atoms with Gasteiger partial charge in [-0.15, -0.1) is 12.8 Å². The lowest BCUT2D eigenvalue weighted by atomic mass is 10.0. The minimum Gasteiger partial charge on any atom is -0.299 e. The highest BCUT2D eigenvalue weighted by atomic mass is 35.5. The minimum atomic E-state index is -0.521. The summed E-state index contributed by atoms with van der Waals surface area (Å²) in [5.74, 6) is -0.521.